The summed E-state index contributed by atoms with van der Waals surface area (Å²) >= 11 is 4.68. The van der Waals surface area contributed by atoms with Crippen LogP contribution in [0.1, 0.15) is 39.2 Å². The minimum Gasteiger partial charge on any atom is -0.444 e. The molecule has 0 unspecified atom stereocenters. The second kappa shape index (κ2) is 12.2. The number of rotatable bonds is 8. The highest BCUT2D eigenvalue weighted by Gasteiger charge is 2.28. The van der Waals surface area contributed by atoms with Gasteiger partial charge in [-0.25, -0.2) is 14.8 Å². The van der Waals surface area contributed by atoms with E-state index >= 15 is 0 Å². The number of likely N-dealkylation sites (tertiary alicyclic amines) is 1. The molecule has 1 aromatic carbocycles. The van der Waals surface area contributed by atoms with Crippen molar-refractivity contribution in [3.05, 3.63) is 36.2 Å². The van der Waals surface area contributed by atoms with E-state index in [1.807, 2.05) is 49.7 Å². The molecule has 1 amide bonds. The van der Waals surface area contributed by atoms with Crippen molar-refractivity contribution in [2.24, 2.45) is 0 Å². The van der Waals surface area contributed by atoms with Crippen molar-refractivity contribution in [2.45, 2.75) is 82.6 Å². The number of nitrogens with one attached hydrogen (secondary N) is 1. The zero-order valence-corrected chi connectivity index (χ0v) is 26.2. The van der Waals surface area contributed by atoms with Crippen molar-refractivity contribution in [3.63, 3.8) is 0 Å². The van der Waals surface area contributed by atoms with Crippen LogP contribution in [0, 0.1) is 11.3 Å². The lowest BCUT2D eigenvalue weighted by molar-refractivity contribution is 0.0206. The molecule has 9 nitrogen and oxygen atoms in total. The van der Waals surface area contributed by atoms with Crippen LogP contribution in [0.3, 0.4) is 0 Å². The monoisotopic (exact) mass is 580 g/mol. The summed E-state index contributed by atoms with van der Waals surface area (Å²) in [5.41, 5.74) is 2.54. The summed E-state index contributed by atoms with van der Waals surface area (Å²) in [5, 5.41) is 13.9. The molecule has 1 aliphatic rings. The van der Waals surface area contributed by atoms with Crippen LogP contribution in [0.5, 0.6) is 0 Å². The minimum absolute atomic E-state index is 0.000758. The average Bonchev–Trinajstić information content (AvgIpc) is 3.24. The van der Waals surface area contributed by atoms with Gasteiger partial charge in [-0.05, 0) is 51.8 Å². The second-order valence-electron chi connectivity index (χ2n) is 12.5. The summed E-state index contributed by atoms with van der Waals surface area (Å²) in [6, 6.07) is 8.96. The number of benzene rings is 1. The maximum Gasteiger partial charge on any atom is 0.410 e. The Morgan fingerprint density at radius 1 is 1.30 bits per heavy atom. The van der Waals surface area contributed by atoms with E-state index in [-0.39, 0.29) is 12.1 Å². The second-order valence-corrected chi connectivity index (χ2v) is 18.6. The number of nitrogens with zero attached hydrogens (tertiary/aromatic N) is 5. The van der Waals surface area contributed by atoms with Gasteiger partial charge in [0.05, 0.1) is 22.8 Å². The van der Waals surface area contributed by atoms with E-state index < -0.39 is 13.7 Å². The molecule has 1 saturated heterocycles. The third kappa shape index (κ3) is 7.77. The lowest BCUT2D eigenvalue weighted by Gasteiger charge is -2.34. The third-order valence-electron chi connectivity index (χ3n) is 6.67. The average molecular weight is 581 g/mol. The number of thiol groups is 1. The van der Waals surface area contributed by atoms with E-state index in [9.17, 15) is 10.1 Å². The highest BCUT2D eigenvalue weighted by atomic mass is 32.1. The molecule has 11 heteroatoms. The van der Waals surface area contributed by atoms with E-state index in [0.29, 0.717) is 48.5 Å². The van der Waals surface area contributed by atoms with Crippen molar-refractivity contribution in [3.8, 4) is 17.3 Å². The fourth-order valence-electron chi connectivity index (χ4n) is 4.61. The van der Waals surface area contributed by atoms with Gasteiger partial charge in [-0.2, -0.15) is 5.26 Å². The Kier molecular flexibility index (Phi) is 9.12. The Labute approximate surface area is 243 Å². The van der Waals surface area contributed by atoms with Gasteiger partial charge in [0.2, 0.25) is 5.95 Å². The Bertz CT molecular complexity index is 1410. The normalized spacial score (nSPS) is 16.1. The van der Waals surface area contributed by atoms with Crippen LogP contribution in [-0.4, -0.2) is 64.9 Å². The molecular weight excluding hydrogens is 541 g/mol. The van der Waals surface area contributed by atoms with Gasteiger partial charge >= 0.3 is 6.09 Å². The van der Waals surface area contributed by atoms with Crippen LogP contribution in [0.4, 0.5) is 10.7 Å². The molecule has 0 bridgehead atoms. The Balaban J connectivity index is 1.57. The van der Waals surface area contributed by atoms with E-state index in [0.717, 1.165) is 35.4 Å². The summed E-state index contributed by atoms with van der Waals surface area (Å²) in [6.07, 6.45) is 5.16. The zero-order chi connectivity index (χ0) is 29.1. The molecule has 1 aliphatic heterocycles. The molecule has 3 aromatic rings. The molecule has 4 rings (SSSR count). The zero-order valence-electron chi connectivity index (χ0n) is 24.3. The van der Waals surface area contributed by atoms with Gasteiger partial charge in [0, 0.05) is 62.1 Å². The number of hydrogen-bond acceptors (Lipinski definition) is 8. The standard InChI is InChI=1S/C29H40N6O3SSi/c1-29(2,3)38-28(36)34-11-7-8-21(17-34)32-27-31-16-25(39)26(33-27)23-18-35(19-37-12-13-40(4,5)6)24-14-20(15-30)9-10-22(23)24/h9-10,14,16,18,21,39H,7-8,11-13,17,19H2,1-6H3,(H,31,32,33)/t21-/m0/s1. The molecule has 1 fully saturated rings. The lowest BCUT2D eigenvalue weighted by atomic mass is 10.1. The molecule has 3 heterocycles. The van der Waals surface area contributed by atoms with Gasteiger partial charge in [0.25, 0.3) is 0 Å². The molecule has 214 valence electrons. The summed E-state index contributed by atoms with van der Waals surface area (Å²) in [7, 11) is -1.21. The number of carbonyl (C=O) groups excluding carboxylic acids is 1. The molecule has 0 spiro atoms. The number of piperidine rings is 1. The number of amides is 1. The molecule has 0 saturated carbocycles. The lowest BCUT2D eigenvalue weighted by Crippen LogP contribution is -2.47. The number of carbonyl (C=O) groups is 1. The predicted octanol–water partition coefficient (Wildman–Crippen LogP) is 6.38. The highest BCUT2D eigenvalue weighted by Crippen LogP contribution is 2.34. The molecule has 2 aromatic heterocycles. The number of anilines is 1. The van der Waals surface area contributed by atoms with E-state index in [1.165, 1.54) is 0 Å². The fourth-order valence-corrected chi connectivity index (χ4v) is 5.60. The van der Waals surface area contributed by atoms with E-state index in [2.05, 4.69) is 48.6 Å². The molecule has 0 radical (unpaired) electrons. The molecule has 1 N–H and O–H groups in total. The van der Waals surface area contributed by atoms with Crippen LogP contribution < -0.4 is 5.32 Å². The van der Waals surface area contributed by atoms with E-state index in [1.54, 1.807) is 11.1 Å². The molecule has 40 heavy (non-hydrogen) atoms. The van der Waals surface area contributed by atoms with Crippen molar-refractivity contribution in [2.75, 3.05) is 25.0 Å². The van der Waals surface area contributed by atoms with Gasteiger partial charge in [0.15, 0.2) is 0 Å². The maximum absolute atomic E-state index is 12.6. The largest absolute Gasteiger partial charge is 0.444 e. The van der Waals surface area contributed by atoms with Gasteiger partial charge in [-0.1, -0.05) is 25.7 Å². The van der Waals surface area contributed by atoms with E-state index in [4.69, 9.17) is 14.5 Å². The summed E-state index contributed by atoms with van der Waals surface area (Å²) < 4.78 is 13.6. The Morgan fingerprint density at radius 3 is 2.77 bits per heavy atom. The van der Waals surface area contributed by atoms with Crippen LogP contribution in [-0.2, 0) is 16.2 Å². The minimum atomic E-state index is -1.21. The topological polar surface area (TPSA) is 105 Å². The summed E-state index contributed by atoms with van der Waals surface area (Å²) in [5.74, 6) is 0.477. The molecule has 0 aliphatic carbocycles. The quantitative estimate of drug-likeness (QED) is 0.181. The van der Waals surface area contributed by atoms with Crippen LogP contribution in [0.2, 0.25) is 25.7 Å². The van der Waals surface area contributed by atoms with Crippen molar-refractivity contribution in [1.29, 1.82) is 5.26 Å². The van der Waals surface area contributed by atoms with Crippen LogP contribution in [0.25, 0.3) is 22.2 Å². The Hall–Kier alpha value is -3.07. The van der Waals surface area contributed by atoms with Crippen LogP contribution in [0.15, 0.2) is 35.5 Å². The smallest absolute Gasteiger partial charge is 0.410 e. The van der Waals surface area contributed by atoms with Gasteiger partial charge < -0.3 is 24.3 Å². The molecular formula is C29H40N6O3SSi. The van der Waals surface area contributed by atoms with Gasteiger partial charge in [0.1, 0.15) is 12.3 Å². The number of nitriles is 1. The number of fused-ring (bicyclic) bond motifs is 1. The first-order valence-corrected chi connectivity index (χ1v) is 17.9. The first kappa shape index (κ1) is 29.9. The maximum atomic E-state index is 12.6. The highest BCUT2D eigenvalue weighted by molar-refractivity contribution is 7.80. The fraction of sp³-hybridized carbons (Fsp3) is 0.517. The molecule has 1 atom stereocenters. The third-order valence-corrected chi connectivity index (χ3v) is 8.70. The number of aromatic nitrogens is 3. The Morgan fingerprint density at radius 2 is 2.08 bits per heavy atom. The van der Waals surface area contributed by atoms with Crippen molar-refractivity contribution in [1.82, 2.24) is 19.4 Å². The van der Waals surface area contributed by atoms with Gasteiger partial charge in [-0.15, -0.1) is 12.6 Å². The van der Waals surface area contributed by atoms with Crippen LogP contribution >= 0.6 is 12.6 Å². The van der Waals surface area contributed by atoms with Gasteiger partial charge in [-0.3, -0.25) is 0 Å². The van der Waals surface area contributed by atoms with Crippen molar-refractivity contribution < 1.29 is 14.3 Å². The first-order valence-electron chi connectivity index (χ1n) is 13.7. The SMILES string of the molecule is CC(C)(C)OC(=O)N1CCC[C@H](Nc2ncc(S)c(-c3cn(COCC[Si](C)(C)C)c4cc(C#N)ccc34)n2)C1. The first-order chi connectivity index (χ1) is 18.8. The summed E-state index contributed by atoms with van der Waals surface area (Å²) in [4.78, 5) is 24.3. The predicted molar refractivity (Wildman–Crippen MR) is 163 cm³/mol. The van der Waals surface area contributed by atoms with Crippen molar-refractivity contribution >= 4 is 43.6 Å². The summed E-state index contributed by atoms with van der Waals surface area (Å²) in [6.45, 7) is 14.9. The number of hydrogen-bond donors (Lipinski definition) is 2. The number of ether oxygens (including phenoxy) is 2.